The van der Waals surface area contributed by atoms with Gasteiger partial charge in [-0.15, -0.1) is 0 Å². The minimum atomic E-state index is -0.758. The maximum atomic E-state index is 12.7. The Labute approximate surface area is 329 Å². The molecule has 6 heteroatoms. The molecule has 1 atom stereocenters. The lowest BCUT2D eigenvalue weighted by molar-refractivity contribution is -0.167. The number of hydrogen-bond acceptors (Lipinski definition) is 6. The summed E-state index contributed by atoms with van der Waals surface area (Å²) >= 11 is 0. The molecule has 0 bridgehead atoms. The van der Waals surface area contributed by atoms with E-state index in [1.54, 1.807) is 0 Å². The number of ether oxygens (including phenoxy) is 3. The molecule has 0 heterocycles. The van der Waals surface area contributed by atoms with Gasteiger partial charge in [-0.25, -0.2) is 0 Å². The molecule has 0 aliphatic heterocycles. The van der Waals surface area contributed by atoms with Gasteiger partial charge in [0.15, 0.2) is 6.10 Å². The van der Waals surface area contributed by atoms with Gasteiger partial charge >= 0.3 is 17.9 Å². The summed E-state index contributed by atoms with van der Waals surface area (Å²) in [5.41, 5.74) is 0. The molecule has 0 rings (SSSR count). The molecule has 0 unspecified atom stereocenters. The van der Waals surface area contributed by atoms with Crippen molar-refractivity contribution in [3.8, 4) is 0 Å². The highest BCUT2D eigenvalue weighted by Crippen LogP contribution is 2.16. The molecule has 0 aromatic carbocycles. The van der Waals surface area contributed by atoms with Crippen LogP contribution in [0.5, 0.6) is 0 Å². The van der Waals surface area contributed by atoms with Gasteiger partial charge in [-0.05, 0) is 25.2 Å². The maximum Gasteiger partial charge on any atom is 0.306 e. The third-order valence-corrected chi connectivity index (χ3v) is 10.5. The van der Waals surface area contributed by atoms with Crippen LogP contribution in [-0.4, -0.2) is 37.2 Å². The molecule has 0 saturated heterocycles. The number of carbonyl (C=O) groups is 3. The fourth-order valence-corrected chi connectivity index (χ4v) is 6.98. The molecule has 314 valence electrons. The molecule has 0 spiro atoms. The molecule has 53 heavy (non-hydrogen) atoms. The van der Waals surface area contributed by atoms with E-state index in [-0.39, 0.29) is 31.1 Å². The summed E-state index contributed by atoms with van der Waals surface area (Å²) in [4.78, 5) is 37.5. The van der Waals surface area contributed by atoms with Crippen molar-refractivity contribution >= 4 is 17.9 Å². The Kier molecular flexibility index (Phi) is 40.3. The molecule has 0 aliphatic rings. The molecule has 0 aromatic rings. The number of rotatable bonds is 42. The van der Waals surface area contributed by atoms with Crippen LogP contribution in [0, 0.1) is 5.92 Å². The highest BCUT2D eigenvalue weighted by atomic mass is 16.6. The summed E-state index contributed by atoms with van der Waals surface area (Å²) in [6.45, 7) is 8.91. The van der Waals surface area contributed by atoms with Gasteiger partial charge < -0.3 is 14.2 Å². The average Bonchev–Trinajstić information content (AvgIpc) is 3.14. The zero-order valence-electron chi connectivity index (χ0n) is 36.0. The van der Waals surface area contributed by atoms with E-state index in [4.69, 9.17) is 14.2 Å². The number of esters is 3. The summed E-state index contributed by atoms with van der Waals surface area (Å²) < 4.78 is 16.6. The first-order chi connectivity index (χ1) is 25.9. The highest BCUT2D eigenvalue weighted by molar-refractivity contribution is 5.71. The van der Waals surface area contributed by atoms with Gasteiger partial charge in [-0.2, -0.15) is 0 Å². The van der Waals surface area contributed by atoms with Gasteiger partial charge in [-0.1, -0.05) is 220 Å². The van der Waals surface area contributed by atoms with E-state index >= 15 is 0 Å². The number of unbranched alkanes of at least 4 members (excludes halogenated alkanes) is 29. The van der Waals surface area contributed by atoms with E-state index < -0.39 is 6.10 Å². The third-order valence-electron chi connectivity index (χ3n) is 10.5. The number of hydrogen-bond donors (Lipinski definition) is 0. The molecule has 0 aromatic heterocycles. The van der Waals surface area contributed by atoms with E-state index in [1.807, 2.05) is 0 Å². The van der Waals surface area contributed by atoms with Gasteiger partial charge in [0.2, 0.25) is 0 Å². The van der Waals surface area contributed by atoms with Crippen LogP contribution < -0.4 is 0 Å². The Balaban J connectivity index is 4.14. The quantitative estimate of drug-likeness (QED) is 0.0351. The third kappa shape index (κ3) is 41.4. The Morgan fingerprint density at radius 1 is 0.358 bits per heavy atom. The van der Waals surface area contributed by atoms with Crippen LogP contribution in [0.4, 0.5) is 0 Å². The summed E-state index contributed by atoms with van der Waals surface area (Å²) in [7, 11) is 0. The summed E-state index contributed by atoms with van der Waals surface area (Å²) in [6.07, 6.45) is 41.2. The Bertz CT molecular complexity index is 796. The molecule has 0 aliphatic carbocycles. The molecular weight excluding hydrogens is 661 g/mol. The van der Waals surface area contributed by atoms with Crippen molar-refractivity contribution in [2.45, 2.75) is 265 Å². The van der Waals surface area contributed by atoms with Crippen LogP contribution in [0.3, 0.4) is 0 Å². The molecule has 0 fully saturated rings. The van der Waals surface area contributed by atoms with Gasteiger partial charge in [0.05, 0.1) is 0 Å². The number of carbonyl (C=O) groups excluding carboxylic acids is 3. The van der Waals surface area contributed by atoms with Crippen LogP contribution in [-0.2, 0) is 28.6 Å². The molecule has 0 N–H and O–H groups in total. The minimum Gasteiger partial charge on any atom is -0.462 e. The van der Waals surface area contributed by atoms with Crippen LogP contribution in [0.15, 0.2) is 0 Å². The van der Waals surface area contributed by atoms with E-state index in [0.717, 1.165) is 70.1 Å². The Morgan fingerprint density at radius 2 is 0.623 bits per heavy atom. The largest absolute Gasteiger partial charge is 0.462 e. The lowest BCUT2D eigenvalue weighted by Gasteiger charge is -2.18. The SMILES string of the molecule is CCCCCCCCCCCCCCCCCCCC(=O)OC[C@H](COC(=O)CCCCCCC)OC(=O)CCCCCCCCCCCCC(C)C. The first-order valence-corrected chi connectivity index (χ1v) is 23.4. The summed E-state index contributed by atoms with van der Waals surface area (Å²) in [6, 6.07) is 0. The van der Waals surface area contributed by atoms with Gasteiger partial charge in [0.1, 0.15) is 13.2 Å². The fraction of sp³-hybridized carbons (Fsp3) is 0.936. The Morgan fingerprint density at radius 3 is 0.925 bits per heavy atom. The van der Waals surface area contributed by atoms with E-state index in [2.05, 4.69) is 27.7 Å². The van der Waals surface area contributed by atoms with Crippen molar-refractivity contribution in [2.24, 2.45) is 5.92 Å². The summed E-state index contributed by atoms with van der Waals surface area (Å²) in [5, 5.41) is 0. The normalized spacial score (nSPS) is 11.9. The van der Waals surface area contributed by atoms with Crippen molar-refractivity contribution in [3.63, 3.8) is 0 Å². The van der Waals surface area contributed by atoms with E-state index in [0.29, 0.717) is 19.3 Å². The second-order valence-corrected chi connectivity index (χ2v) is 16.5. The van der Waals surface area contributed by atoms with Crippen LogP contribution in [0.1, 0.15) is 259 Å². The predicted molar refractivity (Wildman–Crippen MR) is 224 cm³/mol. The topological polar surface area (TPSA) is 78.9 Å². The first kappa shape index (κ1) is 51.4. The predicted octanol–water partition coefficient (Wildman–Crippen LogP) is 14.7. The molecular formula is C47H90O6. The molecule has 0 radical (unpaired) electrons. The van der Waals surface area contributed by atoms with Crippen molar-refractivity contribution in [1.82, 2.24) is 0 Å². The van der Waals surface area contributed by atoms with Crippen molar-refractivity contribution in [3.05, 3.63) is 0 Å². The Hall–Kier alpha value is -1.59. The minimum absolute atomic E-state index is 0.0647. The van der Waals surface area contributed by atoms with Crippen LogP contribution >= 0.6 is 0 Å². The van der Waals surface area contributed by atoms with Gasteiger partial charge in [0.25, 0.3) is 0 Å². The second kappa shape index (κ2) is 41.6. The summed E-state index contributed by atoms with van der Waals surface area (Å²) in [5.74, 6) is -0.0506. The molecule has 0 saturated carbocycles. The van der Waals surface area contributed by atoms with E-state index in [1.165, 1.54) is 148 Å². The molecule has 6 nitrogen and oxygen atoms in total. The van der Waals surface area contributed by atoms with Crippen LogP contribution in [0.2, 0.25) is 0 Å². The fourth-order valence-electron chi connectivity index (χ4n) is 6.98. The maximum absolute atomic E-state index is 12.7. The second-order valence-electron chi connectivity index (χ2n) is 16.5. The molecule has 0 amide bonds. The van der Waals surface area contributed by atoms with Crippen LogP contribution in [0.25, 0.3) is 0 Å². The monoisotopic (exact) mass is 751 g/mol. The van der Waals surface area contributed by atoms with E-state index in [9.17, 15) is 14.4 Å². The van der Waals surface area contributed by atoms with Gasteiger partial charge in [0, 0.05) is 19.3 Å². The van der Waals surface area contributed by atoms with Crippen molar-refractivity contribution in [2.75, 3.05) is 13.2 Å². The van der Waals surface area contributed by atoms with Crippen molar-refractivity contribution < 1.29 is 28.6 Å². The standard InChI is InChI=1S/C47H90O6/c1-5-7-9-11-12-13-14-15-16-17-18-19-20-24-27-31-35-39-46(49)52-42-44(41-51-45(48)38-34-29-10-8-6-2)53-47(50)40-36-32-28-25-22-21-23-26-30-33-37-43(3)4/h43-44H,5-42H2,1-4H3/t44-/m0/s1. The smallest absolute Gasteiger partial charge is 0.306 e. The first-order valence-electron chi connectivity index (χ1n) is 23.4. The zero-order chi connectivity index (χ0) is 38.9. The highest BCUT2D eigenvalue weighted by Gasteiger charge is 2.19. The van der Waals surface area contributed by atoms with Crippen molar-refractivity contribution in [1.29, 1.82) is 0 Å². The lowest BCUT2D eigenvalue weighted by atomic mass is 10.0. The zero-order valence-corrected chi connectivity index (χ0v) is 36.0. The average molecular weight is 751 g/mol. The lowest BCUT2D eigenvalue weighted by Crippen LogP contribution is -2.30. The van der Waals surface area contributed by atoms with Gasteiger partial charge in [-0.3, -0.25) is 14.4 Å².